The first-order chi connectivity index (χ1) is 11.0. The van der Waals surface area contributed by atoms with Crippen molar-refractivity contribution in [2.24, 2.45) is 0 Å². The maximum Gasteiger partial charge on any atom is 0.194 e. The van der Waals surface area contributed by atoms with Crippen LogP contribution in [0.2, 0.25) is 0 Å². The first-order valence-electron chi connectivity index (χ1n) is 7.47. The van der Waals surface area contributed by atoms with E-state index in [0.717, 1.165) is 33.4 Å². The fraction of sp³-hybridized carbons (Fsp3) is 0.333. The van der Waals surface area contributed by atoms with Crippen LogP contribution in [0.5, 0.6) is 5.75 Å². The molecule has 23 heavy (non-hydrogen) atoms. The van der Waals surface area contributed by atoms with E-state index in [4.69, 9.17) is 9.72 Å². The van der Waals surface area contributed by atoms with Crippen molar-refractivity contribution in [2.45, 2.75) is 32.6 Å². The van der Waals surface area contributed by atoms with Gasteiger partial charge in [0.25, 0.3) is 0 Å². The van der Waals surface area contributed by atoms with Gasteiger partial charge in [-0.3, -0.25) is 4.40 Å². The fourth-order valence-electron chi connectivity index (χ4n) is 2.80. The minimum atomic E-state index is -0.101. The van der Waals surface area contributed by atoms with E-state index in [9.17, 15) is 5.26 Å². The quantitative estimate of drug-likeness (QED) is 0.715. The van der Waals surface area contributed by atoms with Crippen molar-refractivity contribution < 1.29 is 4.74 Å². The number of imidazole rings is 1. The van der Waals surface area contributed by atoms with Crippen LogP contribution in [0.25, 0.3) is 16.2 Å². The molecule has 0 aliphatic carbocycles. The average molecular weight is 325 g/mol. The van der Waals surface area contributed by atoms with Crippen molar-refractivity contribution in [1.82, 2.24) is 9.38 Å². The summed E-state index contributed by atoms with van der Waals surface area (Å²) in [7, 11) is 1.67. The number of rotatable bonds is 3. The summed E-state index contributed by atoms with van der Waals surface area (Å²) < 4.78 is 7.60. The van der Waals surface area contributed by atoms with E-state index in [0.29, 0.717) is 6.42 Å². The Balaban J connectivity index is 2.32. The molecule has 0 unspecified atom stereocenters. The molecule has 0 spiro atoms. The Labute approximate surface area is 140 Å². The summed E-state index contributed by atoms with van der Waals surface area (Å²) in [5, 5.41) is 11.4. The minimum absolute atomic E-state index is 0.101. The lowest BCUT2D eigenvalue weighted by atomic mass is 9.90. The zero-order valence-corrected chi connectivity index (χ0v) is 14.6. The Hall–Kier alpha value is -2.32. The number of aromatic nitrogens is 2. The lowest BCUT2D eigenvalue weighted by Gasteiger charge is -2.17. The number of nitrogens with zero attached hydrogens (tertiary/aromatic N) is 3. The number of benzene rings is 1. The third-order valence-corrected chi connectivity index (χ3v) is 4.62. The summed E-state index contributed by atoms with van der Waals surface area (Å²) in [6.45, 7) is 6.38. The highest BCUT2D eigenvalue weighted by Crippen LogP contribution is 2.36. The van der Waals surface area contributed by atoms with Crippen molar-refractivity contribution in [3.63, 3.8) is 0 Å². The predicted octanol–water partition coefficient (Wildman–Crippen LogP) is 4.43. The van der Waals surface area contributed by atoms with Gasteiger partial charge in [-0.05, 0) is 12.1 Å². The molecule has 0 aliphatic rings. The summed E-state index contributed by atoms with van der Waals surface area (Å²) in [6, 6.07) is 10.2. The van der Waals surface area contributed by atoms with Gasteiger partial charge in [-0.15, -0.1) is 11.3 Å². The first-order valence-corrected chi connectivity index (χ1v) is 8.35. The fourth-order valence-corrected chi connectivity index (χ4v) is 3.71. The highest BCUT2D eigenvalue weighted by molar-refractivity contribution is 7.15. The van der Waals surface area contributed by atoms with Crippen LogP contribution in [0.1, 0.15) is 32.2 Å². The van der Waals surface area contributed by atoms with Crippen LogP contribution >= 0.6 is 11.3 Å². The molecule has 118 valence electrons. The molecular weight excluding hydrogens is 306 g/mol. The smallest absolute Gasteiger partial charge is 0.194 e. The van der Waals surface area contributed by atoms with E-state index in [1.807, 2.05) is 24.3 Å². The SMILES string of the molecule is COc1ccccc1-c1csc2nc(C(C)(C)C)c(CC#N)n12. The highest BCUT2D eigenvalue weighted by Gasteiger charge is 2.26. The van der Waals surface area contributed by atoms with E-state index in [1.54, 1.807) is 18.4 Å². The van der Waals surface area contributed by atoms with Gasteiger partial charge in [0.05, 0.1) is 36.7 Å². The number of nitriles is 1. The van der Waals surface area contributed by atoms with Crippen molar-refractivity contribution in [3.8, 4) is 23.1 Å². The molecule has 0 radical (unpaired) electrons. The van der Waals surface area contributed by atoms with E-state index in [1.165, 1.54) is 0 Å². The van der Waals surface area contributed by atoms with Gasteiger partial charge in [0.1, 0.15) is 5.75 Å². The Morgan fingerprint density at radius 3 is 2.70 bits per heavy atom. The third kappa shape index (κ3) is 2.60. The van der Waals surface area contributed by atoms with Gasteiger partial charge in [-0.1, -0.05) is 32.9 Å². The topological polar surface area (TPSA) is 50.3 Å². The number of fused-ring (bicyclic) bond motifs is 1. The van der Waals surface area contributed by atoms with Crippen molar-refractivity contribution in [3.05, 3.63) is 41.0 Å². The maximum absolute atomic E-state index is 9.28. The molecule has 0 fully saturated rings. The monoisotopic (exact) mass is 325 g/mol. The second-order valence-corrected chi connectivity index (χ2v) is 7.27. The second-order valence-electron chi connectivity index (χ2n) is 6.43. The summed E-state index contributed by atoms with van der Waals surface area (Å²) in [4.78, 5) is 5.71. The van der Waals surface area contributed by atoms with E-state index >= 15 is 0 Å². The third-order valence-electron chi connectivity index (χ3n) is 3.80. The van der Waals surface area contributed by atoms with Crippen LogP contribution in [0.4, 0.5) is 0 Å². The number of hydrogen-bond donors (Lipinski definition) is 0. The molecule has 2 heterocycles. The highest BCUT2D eigenvalue weighted by atomic mass is 32.1. The lowest BCUT2D eigenvalue weighted by Crippen LogP contribution is -2.15. The molecular formula is C18H19N3OS. The zero-order chi connectivity index (χ0) is 16.6. The summed E-state index contributed by atoms with van der Waals surface area (Å²) in [6.07, 6.45) is 0.340. The van der Waals surface area contributed by atoms with Gasteiger partial charge in [0, 0.05) is 16.4 Å². The number of hydrogen-bond acceptors (Lipinski definition) is 4. The normalized spacial score (nSPS) is 11.6. The molecule has 5 heteroatoms. The minimum Gasteiger partial charge on any atom is -0.496 e. The average Bonchev–Trinajstić information content (AvgIpc) is 3.07. The molecule has 0 atom stereocenters. The van der Waals surface area contributed by atoms with Crippen LogP contribution in [0.3, 0.4) is 0 Å². The van der Waals surface area contributed by atoms with Gasteiger partial charge in [-0.25, -0.2) is 4.98 Å². The Kier molecular flexibility index (Phi) is 3.87. The zero-order valence-electron chi connectivity index (χ0n) is 13.8. The van der Waals surface area contributed by atoms with Crippen molar-refractivity contribution in [1.29, 1.82) is 5.26 Å². The molecule has 0 N–H and O–H groups in total. The lowest BCUT2D eigenvalue weighted by molar-refractivity contribution is 0.416. The number of ether oxygens (including phenoxy) is 1. The van der Waals surface area contributed by atoms with Crippen LogP contribution in [-0.4, -0.2) is 16.5 Å². The number of thiazole rings is 1. The molecule has 3 rings (SSSR count). The molecule has 0 aliphatic heterocycles. The number of methoxy groups -OCH3 is 1. The van der Waals surface area contributed by atoms with E-state index < -0.39 is 0 Å². The molecule has 2 aromatic heterocycles. The van der Waals surface area contributed by atoms with E-state index in [-0.39, 0.29) is 5.41 Å². The van der Waals surface area contributed by atoms with Gasteiger partial charge < -0.3 is 4.74 Å². The molecule has 3 aromatic rings. The Morgan fingerprint density at radius 1 is 1.30 bits per heavy atom. The van der Waals surface area contributed by atoms with Crippen molar-refractivity contribution in [2.75, 3.05) is 7.11 Å². The molecule has 0 amide bonds. The van der Waals surface area contributed by atoms with Crippen LogP contribution in [0.15, 0.2) is 29.6 Å². The maximum atomic E-state index is 9.28. The summed E-state index contributed by atoms with van der Waals surface area (Å²) in [5.74, 6) is 0.820. The van der Waals surface area contributed by atoms with Crippen LogP contribution in [-0.2, 0) is 11.8 Å². The first kappa shape index (κ1) is 15.6. The van der Waals surface area contributed by atoms with Gasteiger partial charge in [-0.2, -0.15) is 5.26 Å². The molecule has 4 nitrogen and oxygen atoms in total. The van der Waals surface area contributed by atoms with Crippen molar-refractivity contribution >= 4 is 16.3 Å². The van der Waals surface area contributed by atoms with Gasteiger partial charge >= 0.3 is 0 Å². The van der Waals surface area contributed by atoms with Crippen LogP contribution < -0.4 is 4.74 Å². The molecule has 0 saturated heterocycles. The molecule has 1 aromatic carbocycles. The van der Waals surface area contributed by atoms with Gasteiger partial charge in [0.15, 0.2) is 4.96 Å². The summed E-state index contributed by atoms with van der Waals surface area (Å²) in [5.41, 5.74) is 3.89. The Bertz CT molecular complexity index is 893. The molecule has 0 bridgehead atoms. The van der Waals surface area contributed by atoms with Crippen LogP contribution in [0, 0.1) is 11.3 Å². The van der Waals surface area contributed by atoms with Gasteiger partial charge in [0.2, 0.25) is 0 Å². The Morgan fingerprint density at radius 2 is 2.04 bits per heavy atom. The van der Waals surface area contributed by atoms with E-state index in [2.05, 4.69) is 36.6 Å². The summed E-state index contributed by atoms with van der Waals surface area (Å²) >= 11 is 1.59. The second kappa shape index (κ2) is 5.71. The number of para-hydroxylation sites is 1. The molecule has 0 saturated carbocycles. The predicted molar refractivity (Wildman–Crippen MR) is 93.1 cm³/mol. The standard InChI is InChI=1S/C18H19N3OS/c1-18(2,3)16-13(9-10-19)21-14(11-23-17(21)20-16)12-7-5-6-8-15(12)22-4/h5-8,11H,9H2,1-4H3. The largest absolute Gasteiger partial charge is 0.496 e.